The molecule has 0 saturated heterocycles. The van der Waals surface area contributed by atoms with Crippen molar-refractivity contribution in [3.8, 4) is 11.5 Å². The van der Waals surface area contributed by atoms with Gasteiger partial charge in [-0.1, -0.05) is 12.1 Å². The van der Waals surface area contributed by atoms with Crippen molar-refractivity contribution in [3.63, 3.8) is 0 Å². The molecule has 4 nitrogen and oxygen atoms in total. The van der Waals surface area contributed by atoms with Gasteiger partial charge in [-0.25, -0.2) is 0 Å². The first-order chi connectivity index (χ1) is 12.5. The molecule has 1 N–H and O–H groups in total. The summed E-state index contributed by atoms with van der Waals surface area (Å²) in [6, 6.07) is 13.0. The summed E-state index contributed by atoms with van der Waals surface area (Å²) >= 11 is 0. The van der Waals surface area contributed by atoms with E-state index in [4.69, 9.17) is 4.74 Å². The zero-order valence-electron chi connectivity index (χ0n) is 14.5. The Morgan fingerprint density at radius 1 is 1.08 bits per heavy atom. The lowest BCUT2D eigenvalue weighted by atomic mass is 10.1. The molecule has 1 saturated carbocycles. The van der Waals surface area contributed by atoms with Crippen LogP contribution in [0, 0.1) is 5.92 Å². The van der Waals surface area contributed by atoms with Crippen LogP contribution in [0.3, 0.4) is 0 Å². The minimum absolute atomic E-state index is 0.0871. The molecule has 1 unspecified atom stereocenters. The van der Waals surface area contributed by atoms with E-state index in [1.54, 1.807) is 36.4 Å². The Morgan fingerprint density at radius 2 is 1.69 bits per heavy atom. The van der Waals surface area contributed by atoms with Crippen molar-refractivity contribution in [2.75, 3.05) is 6.61 Å². The van der Waals surface area contributed by atoms with Crippen LogP contribution in [0.25, 0.3) is 0 Å². The van der Waals surface area contributed by atoms with Gasteiger partial charge >= 0.3 is 6.61 Å². The third-order valence-electron chi connectivity index (χ3n) is 4.25. The number of carbonyl (C=O) groups is 1. The molecule has 0 heterocycles. The Bertz CT molecular complexity index is 728. The second kappa shape index (κ2) is 8.17. The molecule has 1 atom stereocenters. The first-order valence-corrected chi connectivity index (χ1v) is 8.60. The summed E-state index contributed by atoms with van der Waals surface area (Å²) in [5, 5.41) is 2.88. The standard InChI is InChI=1S/C20H21F2NO3/c1-13(15-4-10-18(11-5-15)26-20(21)22)23-19(24)16-6-8-17(9-7-16)25-12-14-2-3-14/h4-11,13-14,20H,2-3,12H2,1H3,(H,23,24). The molecule has 1 amide bonds. The van der Waals surface area contributed by atoms with E-state index in [1.165, 1.54) is 25.0 Å². The third-order valence-corrected chi connectivity index (χ3v) is 4.25. The SMILES string of the molecule is CC(NC(=O)c1ccc(OCC2CC2)cc1)c1ccc(OC(F)F)cc1. The number of nitrogens with one attached hydrogen (secondary N) is 1. The molecule has 138 valence electrons. The van der Waals surface area contributed by atoms with Crippen LogP contribution in [0.5, 0.6) is 11.5 Å². The number of benzene rings is 2. The number of hydrogen-bond donors (Lipinski definition) is 1. The number of ether oxygens (including phenoxy) is 2. The predicted molar refractivity (Wildman–Crippen MR) is 93.6 cm³/mol. The van der Waals surface area contributed by atoms with Crippen molar-refractivity contribution in [2.45, 2.75) is 32.4 Å². The van der Waals surface area contributed by atoms with Crippen LogP contribution in [0.4, 0.5) is 8.78 Å². The number of alkyl halides is 2. The fourth-order valence-corrected chi connectivity index (χ4v) is 2.50. The van der Waals surface area contributed by atoms with Crippen molar-refractivity contribution in [2.24, 2.45) is 5.92 Å². The van der Waals surface area contributed by atoms with E-state index in [2.05, 4.69) is 10.1 Å². The van der Waals surface area contributed by atoms with Gasteiger partial charge in [0.05, 0.1) is 12.6 Å². The average molecular weight is 361 g/mol. The summed E-state index contributed by atoms with van der Waals surface area (Å²) in [5.41, 5.74) is 1.33. The molecule has 2 aromatic carbocycles. The number of hydrogen-bond acceptors (Lipinski definition) is 3. The minimum Gasteiger partial charge on any atom is -0.493 e. The van der Waals surface area contributed by atoms with E-state index in [1.807, 2.05) is 6.92 Å². The molecular weight excluding hydrogens is 340 g/mol. The van der Waals surface area contributed by atoms with Gasteiger partial charge < -0.3 is 14.8 Å². The first kappa shape index (κ1) is 18.2. The maximum Gasteiger partial charge on any atom is 0.387 e. The summed E-state index contributed by atoms with van der Waals surface area (Å²) in [5.74, 6) is 1.32. The van der Waals surface area contributed by atoms with Crippen LogP contribution in [-0.4, -0.2) is 19.1 Å². The van der Waals surface area contributed by atoms with Crippen molar-refractivity contribution < 1.29 is 23.0 Å². The summed E-state index contributed by atoms with van der Waals surface area (Å²) in [7, 11) is 0. The molecule has 0 aliphatic heterocycles. The summed E-state index contributed by atoms with van der Waals surface area (Å²) in [6.07, 6.45) is 2.46. The molecule has 1 aliphatic carbocycles. The second-order valence-electron chi connectivity index (χ2n) is 6.42. The van der Waals surface area contributed by atoms with Gasteiger partial charge in [-0.3, -0.25) is 4.79 Å². The van der Waals surface area contributed by atoms with Crippen LogP contribution in [-0.2, 0) is 0 Å². The normalized spacial score (nSPS) is 14.8. The summed E-state index contributed by atoms with van der Waals surface area (Å²) in [4.78, 5) is 12.4. The molecule has 3 rings (SSSR count). The zero-order chi connectivity index (χ0) is 18.5. The van der Waals surface area contributed by atoms with Crippen LogP contribution in [0.1, 0.15) is 41.7 Å². The largest absolute Gasteiger partial charge is 0.493 e. The van der Waals surface area contributed by atoms with Gasteiger partial charge in [0.1, 0.15) is 11.5 Å². The number of amides is 1. The summed E-state index contributed by atoms with van der Waals surface area (Å²) < 4.78 is 34.3. The lowest BCUT2D eigenvalue weighted by Gasteiger charge is -2.15. The summed E-state index contributed by atoms with van der Waals surface area (Å²) in [6.45, 7) is -0.295. The molecule has 26 heavy (non-hydrogen) atoms. The van der Waals surface area contributed by atoms with E-state index in [0.29, 0.717) is 11.5 Å². The van der Waals surface area contributed by atoms with Gasteiger partial charge in [0.15, 0.2) is 0 Å². The molecule has 0 aromatic heterocycles. The van der Waals surface area contributed by atoms with Crippen molar-refractivity contribution in [1.82, 2.24) is 5.32 Å². The number of carbonyl (C=O) groups excluding carboxylic acids is 1. The van der Waals surface area contributed by atoms with Gasteiger partial charge in [-0.2, -0.15) is 8.78 Å². The molecule has 0 bridgehead atoms. The molecule has 6 heteroatoms. The molecule has 1 aliphatic rings. The second-order valence-corrected chi connectivity index (χ2v) is 6.42. The van der Waals surface area contributed by atoms with Crippen molar-refractivity contribution in [1.29, 1.82) is 0 Å². The fourth-order valence-electron chi connectivity index (χ4n) is 2.50. The fraction of sp³-hybridized carbons (Fsp3) is 0.350. The van der Waals surface area contributed by atoms with Crippen molar-refractivity contribution in [3.05, 3.63) is 59.7 Å². The zero-order valence-corrected chi connectivity index (χ0v) is 14.5. The van der Waals surface area contributed by atoms with E-state index in [0.717, 1.165) is 17.9 Å². The monoisotopic (exact) mass is 361 g/mol. The first-order valence-electron chi connectivity index (χ1n) is 8.60. The molecule has 0 radical (unpaired) electrons. The number of halogens is 2. The molecular formula is C20H21F2NO3. The highest BCUT2D eigenvalue weighted by atomic mass is 19.3. The van der Waals surface area contributed by atoms with Gasteiger partial charge in [-0.15, -0.1) is 0 Å². The van der Waals surface area contributed by atoms with E-state index >= 15 is 0 Å². The van der Waals surface area contributed by atoms with E-state index < -0.39 is 6.61 Å². The van der Waals surface area contributed by atoms with E-state index in [-0.39, 0.29) is 17.7 Å². The van der Waals surface area contributed by atoms with Gasteiger partial charge in [-0.05, 0) is 67.6 Å². The Labute approximate surface area is 151 Å². The van der Waals surface area contributed by atoms with Crippen LogP contribution >= 0.6 is 0 Å². The quantitative estimate of drug-likeness (QED) is 0.749. The van der Waals surface area contributed by atoms with Crippen LogP contribution in [0.15, 0.2) is 48.5 Å². The molecule has 1 fully saturated rings. The Hall–Kier alpha value is -2.63. The lowest BCUT2D eigenvalue weighted by Crippen LogP contribution is -2.26. The molecule has 0 spiro atoms. The van der Waals surface area contributed by atoms with E-state index in [9.17, 15) is 13.6 Å². The molecule has 2 aromatic rings. The van der Waals surface area contributed by atoms with Crippen molar-refractivity contribution >= 4 is 5.91 Å². The predicted octanol–water partition coefficient (Wildman–Crippen LogP) is 4.57. The average Bonchev–Trinajstić information content (AvgIpc) is 3.45. The van der Waals surface area contributed by atoms with Crippen LogP contribution in [0.2, 0.25) is 0 Å². The topological polar surface area (TPSA) is 47.6 Å². The highest BCUT2D eigenvalue weighted by molar-refractivity contribution is 5.94. The van der Waals surface area contributed by atoms with Gasteiger partial charge in [0.2, 0.25) is 0 Å². The third kappa shape index (κ3) is 5.18. The van der Waals surface area contributed by atoms with Gasteiger partial charge in [0, 0.05) is 5.56 Å². The highest BCUT2D eigenvalue weighted by Crippen LogP contribution is 2.29. The lowest BCUT2D eigenvalue weighted by molar-refractivity contribution is -0.0498. The Kier molecular flexibility index (Phi) is 5.71. The van der Waals surface area contributed by atoms with Crippen LogP contribution < -0.4 is 14.8 Å². The Balaban J connectivity index is 1.54. The maximum absolute atomic E-state index is 12.4. The highest BCUT2D eigenvalue weighted by Gasteiger charge is 2.21. The smallest absolute Gasteiger partial charge is 0.387 e. The Morgan fingerprint density at radius 3 is 2.27 bits per heavy atom. The maximum atomic E-state index is 12.4. The number of rotatable bonds is 8. The minimum atomic E-state index is -2.85. The van der Waals surface area contributed by atoms with Gasteiger partial charge in [0.25, 0.3) is 5.91 Å².